The molecule has 3 heterocycles. The van der Waals surface area contributed by atoms with Gasteiger partial charge >= 0.3 is 17.7 Å². The van der Waals surface area contributed by atoms with Crippen molar-refractivity contribution in [3.8, 4) is 5.75 Å². The average Bonchev–Trinajstić information content (AvgIpc) is 3.12. The monoisotopic (exact) mass is 581 g/mol. The number of benzene rings is 1. The fourth-order valence-corrected chi connectivity index (χ4v) is 5.34. The third-order valence-corrected chi connectivity index (χ3v) is 6.93. The first-order chi connectivity index (χ1) is 15.7. The zero-order valence-electron chi connectivity index (χ0n) is 17.3. The van der Waals surface area contributed by atoms with Crippen molar-refractivity contribution in [3.63, 3.8) is 0 Å². The second kappa shape index (κ2) is 9.56. The van der Waals surface area contributed by atoms with Crippen LogP contribution in [0.5, 0.6) is 5.75 Å². The van der Waals surface area contributed by atoms with Crippen molar-refractivity contribution < 1.29 is 19.8 Å². The predicted octanol–water partition coefficient (Wildman–Crippen LogP) is 3.00. The molecule has 4 rings (SSSR count). The Morgan fingerprint density at radius 1 is 1.24 bits per heavy atom. The smallest absolute Gasteiger partial charge is 0.327 e. The summed E-state index contributed by atoms with van der Waals surface area (Å²) in [6.45, 7) is 0.775. The number of pyridine rings is 1. The van der Waals surface area contributed by atoms with Crippen molar-refractivity contribution in [2.45, 2.75) is 31.3 Å². The van der Waals surface area contributed by atoms with Crippen LogP contribution in [0.25, 0.3) is 11.2 Å². The number of imidazole rings is 1. The van der Waals surface area contributed by atoms with Crippen LogP contribution in [0, 0.1) is 0 Å². The number of carboxylic acid groups (broad SMARTS) is 1. The third-order valence-electron chi connectivity index (χ3n) is 5.72. The van der Waals surface area contributed by atoms with Crippen LogP contribution in [-0.2, 0) is 11.2 Å². The second-order valence-electron chi connectivity index (χ2n) is 7.84. The standard InChI is InChI=1S/C21H21Br2N5O5/c22-13-8-11(9-14(23)17(13)29)10-15(19(30)31)25-20(32)27-6-3-12(4-7-27)28-16-2-1-5-24-18(16)26-21(28)33/h1-2,5,8-9,12,15,29H,3-4,6-7,10H2,(H,25,32)(H,30,31)(H,24,26,33). The maximum atomic E-state index is 12.8. The van der Waals surface area contributed by atoms with Gasteiger partial charge in [-0.25, -0.2) is 19.4 Å². The first-order valence-corrected chi connectivity index (χ1v) is 11.8. The average molecular weight is 583 g/mol. The van der Waals surface area contributed by atoms with Gasteiger partial charge in [0.2, 0.25) is 0 Å². The van der Waals surface area contributed by atoms with Crippen LogP contribution in [0.4, 0.5) is 4.79 Å². The van der Waals surface area contributed by atoms with E-state index in [1.165, 1.54) is 0 Å². The number of H-pyrrole nitrogens is 1. The molecule has 2 aromatic heterocycles. The fourth-order valence-electron chi connectivity index (χ4n) is 4.06. The molecule has 0 radical (unpaired) electrons. The van der Waals surface area contributed by atoms with Crippen LogP contribution >= 0.6 is 31.9 Å². The minimum absolute atomic E-state index is 0.0163. The number of phenolic OH excluding ortho intramolecular Hbond substituents is 1. The van der Waals surface area contributed by atoms with Gasteiger partial charge in [0.15, 0.2) is 5.65 Å². The highest BCUT2D eigenvalue weighted by Gasteiger charge is 2.29. The number of hydrogen-bond donors (Lipinski definition) is 4. The summed E-state index contributed by atoms with van der Waals surface area (Å²) < 4.78 is 2.53. The number of aromatic hydroxyl groups is 1. The number of halogens is 2. The minimum atomic E-state index is -1.16. The molecule has 0 aliphatic carbocycles. The highest BCUT2D eigenvalue weighted by Crippen LogP contribution is 2.33. The van der Waals surface area contributed by atoms with E-state index >= 15 is 0 Å². The van der Waals surface area contributed by atoms with Gasteiger partial charge in [-0.15, -0.1) is 0 Å². The summed E-state index contributed by atoms with van der Waals surface area (Å²) in [5, 5.41) is 22.1. The molecular weight excluding hydrogens is 562 g/mol. The summed E-state index contributed by atoms with van der Waals surface area (Å²) in [7, 11) is 0. The van der Waals surface area contributed by atoms with Gasteiger partial charge in [0.05, 0.1) is 14.5 Å². The Bertz CT molecular complexity index is 1240. The lowest BCUT2D eigenvalue weighted by molar-refractivity contribution is -0.139. The molecule has 0 spiro atoms. The second-order valence-corrected chi connectivity index (χ2v) is 9.55. The van der Waals surface area contributed by atoms with E-state index in [9.17, 15) is 24.6 Å². The molecule has 1 saturated heterocycles. The summed E-state index contributed by atoms with van der Waals surface area (Å²) in [4.78, 5) is 45.4. The van der Waals surface area contributed by atoms with Gasteiger partial charge < -0.3 is 20.4 Å². The molecule has 1 aliphatic heterocycles. The number of carbonyl (C=O) groups excluding carboxylic acids is 1. The lowest BCUT2D eigenvalue weighted by Gasteiger charge is -2.33. The van der Waals surface area contributed by atoms with Crippen LogP contribution in [0.2, 0.25) is 0 Å². The van der Waals surface area contributed by atoms with Gasteiger partial charge in [-0.1, -0.05) is 0 Å². The van der Waals surface area contributed by atoms with Gasteiger partial charge in [-0.3, -0.25) is 9.55 Å². The minimum Gasteiger partial charge on any atom is -0.506 e. The van der Waals surface area contributed by atoms with Gasteiger partial charge in [-0.2, -0.15) is 0 Å². The zero-order chi connectivity index (χ0) is 23.7. The highest BCUT2D eigenvalue weighted by molar-refractivity contribution is 9.11. The molecule has 3 aromatic rings. The maximum absolute atomic E-state index is 12.8. The normalized spacial score (nSPS) is 15.5. The molecule has 0 bridgehead atoms. The zero-order valence-corrected chi connectivity index (χ0v) is 20.5. The Labute approximate surface area is 204 Å². The fraction of sp³-hybridized carbons (Fsp3) is 0.333. The van der Waals surface area contributed by atoms with Crippen molar-refractivity contribution in [1.29, 1.82) is 0 Å². The molecule has 1 aliphatic rings. The number of carbonyl (C=O) groups is 2. The number of carboxylic acids is 1. The van der Waals surface area contributed by atoms with E-state index in [-0.39, 0.29) is 23.9 Å². The number of nitrogens with one attached hydrogen (secondary N) is 2. The molecule has 10 nitrogen and oxygen atoms in total. The van der Waals surface area contributed by atoms with Crippen molar-refractivity contribution in [2.75, 3.05) is 13.1 Å². The number of phenols is 1. The van der Waals surface area contributed by atoms with Crippen LogP contribution in [0.1, 0.15) is 24.4 Å². The number of likely N-dealkylation sites (tertiary alicyclic amines) is 1. The van der Waals surface area contributed by atoms with Crippen molar-refractivity contribution in [2.24, 2.45) is 0 Å². The topological polar surface area (TPSA) is 141 Å². The number of aromatic nitrogens is 3. The predicted molar refractivity (Wildman–Crippen MR) is 127 cm³/mol. The van der Waals surface area contributed by atoms with E-state index in [4.69, 9.17) is 0 Å². The van der Waals surface area contributed by atoms with Crippen LogP contribution in [0.3, 0.4) is 0 Å². The van der Waals surface area contributed by atoms with E-state index in [2.05, 4.69) is 47.1 Å². The van der Waals surface area contributed by atoms with Gasteiger partial charge in [0.25, 0.3) is 0 Å². The summed E-state index contributed by atoms with van der Waals surface area (Å²) in [6, 6.07) is 5.14. The van der Waals surface area contributed by atoms with Crippen LogP contribution < -0.4 is 11.0 Å². The Morgan fingerprint density at radius 3 is 2.55 bits per heavy atom. The summed E-state index contributed by atoms with van der Waals surface area (Å²) in [5.74, 6) is -1.14. The maximum Gasteiger partial charge on any atom is 0.327 e. The molecule has 4 N–H and O–H groups in total. The third kappa shape index (κ3) is 4.91. The van der Waals surface area contributed by atoms with Crippen LogP contribution in [0.15, 0.2) is 44.2 Å². The number of rotatable bonds is 5. The van der Waals surface area contributed by atoms with Crippen molar-refractivity contribution in [1.82, 2.24) is 24.8 Å². The Kier molecular flexibility index (Phi) is 6.75. The number of fused-ring (bicyclic) bond motifs is 1. The molecule has 2 amide bonds. The number of nitrogens with zero attached hydrogens (tertiary/aromatic N) is 3. The molecule has 12 heteroatoms. The number of hydrogen-bond acceptors (Lipinski definition) is 5. The number of piperidine rings is 1. The molecule has 0 saturated carbocycles. The molecule has 1 atom stereocenters. The van der Waals surface area contributed by atoms with Crippen molar-refractivity contribution in [3.05, 3.63) is 55.5 Å². The van der Waals surface area contributed by atoms with Gasteiger partial charge in [0.1, 0.15) is 11.8 Å². The number of aromatic amines is 1. The molecule has 1 unspecified atom stereocenters. The van der Waals surface area contributed by atoms with E-state index in [0.29, 0.717) is 46.1 Å². The van der Waals surface area contributed by atoms with E-state index in [1.54, 1.807) is 33.9 Å². The quantitative estimate of drug-likeness (QED) is 0.364. The van der Waals surface area contributed by atoms with Gasteiger partial charge in [0, 0.05) is 31.7 Å². The van der Waals surface area contributed by atoms with Gasteiger partial charge in [-0.05, 0) is 74.5 Å². The SMILES string of the molecule is O=C(O)C(Cc1cc(Br)c(O)c(Br)c1)NC(=O)N1CCC(n2c(=O)[nH]c3ncccc32)CC1. The van der Waals surface area contributed by atoms with E-state index < -0.39 is 18.0 Å². The molecule has 33 heavy (non-hydrogen) atoms. The highest BCUT2D eigenvalue weighted by atomic mass is 79.9. The summed E-state index contributed by atoms with van der Waals surface area (Å²) >= 11 is 6.45. The van der Waals surface area contributed by atoms with Crippen LogP contribution in [-0.4, -0.2) is 60.8 Å². The lowest BCUT2D eigenvalue weighted by Crippen LogP contribution is -2.51. The first-order valence-electron chi connectivity index (χ1n) is 10.2. The Balaban J connectivity index is 1.41. The summed E-state index contributed by atoms with van der Waals surface area (Å²) in [6.07, 6.45) is 2.78. The van der Waals surface area contributed by atoms with E-state index in [1.807, 2.05) is 6.07 Å². The number of urea groups is 1. The van der Waals surface area contributed by atoms with Crippen molar-refractivity contribution >= 4 is 55.0 Å². The molecule has 174 valence electrons. The molecular formula is C21H21Br2N5O5. The first kappa shape index (κ1) is 23.3. The number of aliphatic carboxylic acids is 1. The molecule has 1 aromatic carbocycles. The lowest BCUT2D eigenvalue weighted by atomic mass is 10.0. The number of amides is 2. The summed E-state index contributed by atoms with van der Waals surface area (Å²) in [5.41, 5.74) is 1.65. The Morgan fingerprint density at radius 2 is 1.91 bits per heavy atom. The van der Waals surface area contributed by atoms with E-state index in [0.717, 1.165) is 5.52 Å². The Hall–Kier alpha value is -2.86. The molecule has 1 fully saturated rings. The largest absolute Gasteiger partial charge is 0.506 e.